The first-order chi connectivity index (χ1) is 22.8. The molecule has 1 N–H and O–H groups in total. The highest BCUT2D eigenvalue weighted by Gasteiger charge is 2.64. The van der Waals surface area contributed by atoms with E-state index >= 15 is 0 Å². The number of hydrogen-bond donors (Lipinski definition) is 1. The Morgan fingerprint density at radius 2 is 1.62 bits per heavy atom. The van der Waals surface area contributed by atoms with Gasteiger partial charge in [-0.3, -0.25) is 9.59 Å². The zero-order valence-electron chi connectivity index (χ0n) is 28.1. The number of ether oxygens (including phenoxy) is 3. The Balaban J connectivity index is 1.81. The fourth-order valence-corrected chi connectivity index (χ4v) is 5.99. The summed E-state index contributed by atoms with van der Waals surface area (Å²) in [5, 5.41) is 2.79. The first-order valence-corrected chi connectivity index (χ1v) is 16.5. The van der Waals surface area contributed by atoms with Gasteiger partial charge in [0.15, 0.2) is 0 Å². The van der Waals surface area contributed by atoms with E-state index in [-0.39, 0.29) is 31.1 Å². The Kier molecular flexibility index (Phi) is 14.4. The van der Waals surface area contributed by atoms with Crippen molar-refractivity contribution >= 4 is 23.8 Å². The van der Waals surface area contributed by atoms with Gasteiger partial charge < -0.3 is 24.4 Å². The van der Waals surface area contributed by atoms with E-state index in [1.165, 1.54) is 23.1 Å². The highest BCUT2D eigenvalue weighted by atomic mass is 19.4. The number of alkyl halides is 3. The molecule has 0 spiro atoms. The minimum absolute atomic E-state index is 0.0685. The van der Waals surface area contributed by atoms with Crippen LogP contribution in [0.5, 0.6) is 0 Å². The number of nitrogens with zero attached hydrogens (tertiary/aromatic N) is 1. The second-order valence-corrected chi connectivity index (χ2v) is 12.3. The highest BCUT2D eigenvalue weighted by molar-refractivity contribution is 5.86. The predicted octanol–water partition coefficient (Wildman–Crippen LogP) is 5.89. The van der Waals surface area contributed by atoms with Crippen molar-refractivity contribution < 1.29 is 46.6 Å². The number of cyclic esters (lactones) is 1. The summed E-state index contributed by atoms with van der Waals surface area (Å²) >= 11 is 0. The summed E-state index contributed by atoms with van der Waals surface area (Å²) in [5.41, 5.74) is -2.92. The molecule has 0 aliphatic carbocycles. The molecule has 1 aliphatic heterocycles. The third-order valence-electron chi connectivity index (χ3n) is 8.75. The Morgan fingerprint density at radius 1 is 0.979 bits per heavy atom. The van der Waals surface area contributed by atoms with Gasteiger partial charge in [-0.25, -0.2) is 9.59 Å². The summed E-state index contributed by atoms with van der Waals surface area (Å²) < 4.78 is 59.1. The van der Waals surface area contributed by atoms with Crippen molar-refractivity contribution in [1.82, 2.24) is 10.2 Å². The minimum Gasteiger partial charge on any atom is -0.461 e. The number of esters is 2. The standard InChI is InChI=1S/C36H47F3N2O7/c1-5-14-29-21-13-22-31(42)40-28(24-47-34(45)35(46-4,36(37,38)39)27-18-10-7-11-19-27)20-12-15-25(2)32(43)41(3)30(33(44)48-29)23-26-16-8-6-9-17-26/h6-11,16-19,25,28-30H,5,12-15,20-24H2,1-4H3,(H,40,42)/t25?,28-,29?,30+,35-/m1/s1. The van der Waals surface area contributed by atoms with Crippen LogP contribution in [-0.2, 0) is 45.4 Å². The number of rotatable bonds is 9. The smallest absolute Gasteiger partial charge is 0.432 e. The monoisotopic (exact) mass is 676 g/mol. The minimum atomic E-state index is -5.14. The molecule has 2 amide bonds. The lowest BCUT2D eigenvalue weighted by molar-refractivity contribution is -0.276. The number of amides is 2. The molecule has 3 rings (SSSR count). The first kappa shape index (κ1) is 38.5. The Labute approximate surface area is 280 Å². The van der Waals surface area contributed by atoms with Crippen LogP contribution in [0.2, 0.25) is 0 Å². The van der Waals surface area contributed by atoms with Crippen molar-refractivity contribution in [1.29, 1.82) is 0 Å². The number of nitrogens with one attached hydrogen (secondary N) is 1. The van der Waals surface area contributed by atoms with Crippen LogP contribution >= 0.6 is 0 Å². The van der Waals surface area contributed by atoms with E-state index in [1.54, 1.807) is 14.0 Å². The largest absolute Gasteiger partial charge is 0.461 e. The van der Waals surface area contributed by atoms with E-state index in [1.807, 2.05) is 37.3 Å². The van der Waals surface area contributed by atoms with Gasteiger partial charge in [0, 0.05) is 38.5 Å². The molecule has 5 atom stereocenters. The zero-order valence-corrected chi connectivity index (χ0v) is 28.1. The molecular weight excluding hydrogens is 629 g/mol. The molecule has 9 nitrogen and oxygen atoms in total. The summed E-state index contributed by atoms with van der Waals surface area (Å²) in [5.74, 6) is -3.32. The van der Waals surface area contributed by atoms with Gasteiger partial charge in [-0.1, -0.05) is 87.4 Å². The number of carbonyl (C=O) groups excluding carboxylic acids is 4. The van der Waals surface area contributed by atoms with Crippen LogP contribution in [0.25, 0.3) is 0 Å². The number of halogens is 3. The van der Waals surface area contributed by atoms with Crippen molar-refractivity contribution in [3.8, 4) is 0 Å². The Hall–Kier alpha value is -3.93. The van der Waals surface area contributed by atoms with Crippen molar-refractivity contribution in [2.75, 3.05) is 20.8 Å². The first-order valence-electron chi connectivity index (χ1n) is 16.5. The molecule has 1 saturated heterocycles. The maximum absolute atomic E-state index is 14.4. The van der Waals surface area contributed by atoms with E-state index in [2.05, 4.69) is 5.32 Å². The molecule has 264 valence electrons. The lowest BCUT2D eigenvalue weighted by Gasteiger charge is -2.33. The SMILES string of the molecule is CCCC1CCCC(=O)N[C@@H](COC(=O)[C@](OC)(c2ccccc2)C(F)(F)F)CCCC(C)C(=O)N(C)[C@@H](Cc2ccccc2)C(=O)O1. The summed E-state index contributed by atoms with van der Waals surface area (Å²) in [6.45, 7) is 3.16. The van der Waals surface area contributed by atoms with Crippen LogP contribution in [0, 0.1) is 5.92 Å². The van der Waals surface area contributed by atoms with Crippen LogP contribution in [0.3, 0.4) is 0 Å². The molecule has 2 unspecified atom stereocenters. The van der Waals surface area contributed by atoms with Crippen molar-refractivity contribution in [3.05, 3.63) is 71.8 Å². The molecule has 12 heteroatoms. The lowest BCUT2D eigenvalue weighted by atomic mass is 9.92. The van der Waals surface area contributed by atoms with Crippen LogP contribution in [0.4, 0.5) is 13.2 Å². The molecule has 0 bridgehead atoms. The molecular formula is C36H47F3N2O7. The second-order valence-electron chi connectivity index (χ2n) is 12.3. The highest BCUT2D eigenvalue weighted by Crippen LogP contribution is 2.43. The number of carbonyl (C=O) groups is 4. The number of methoxy groups -OCH3 is 1. The molecule has 48 heavy (non-hydrogen) atoms. The third kappa shape index (κ3) is 10.0. The molecule has 0 saturated carbocycles. The van der Waals surface area contributed by atoms with Crippen molar-refractivity contribution in [2.45, 2.75) is 102 Å². The molecule has 1 aliphatic rings. The molecule has 0 radical (unpaired) electrons. The predicted molar refractivity (Wildman–Crippen MR) is 172 cm³/mol. The average molecular weight is 677 g/mol. The quantitative estimate of drug-likeness (QED) is 0.330. The molecule has 2 aromatic carbocycles. The van der Waals surface area contributed by atoms with Crippen LogP contribution in [0.1, 0.15) is 76.3 Å². The van der Waals surface area contributed by atoms with Gasteiger partial charge in [0.25, 0.3) is 5.60 Å². The van der Waals surface area contributed by atoms with Gasteiger partial charge in [-0.2, -0.15) is 13.2 Å². The van der Waals surface area contributed by atoms with Gasteiger partial charge in [0.05, 0.1) is 6.04 Å². The van der Waals surface area contributed by atoms with Gasteiger partial charge in [-0.15, -0.1) is 0 Å². The van der Waals surface area contributed by atoms with Gasteiger partial charge in [-0.05, 0) is 37.7 Å². The lowest BCUT2D eigenvalue weighted by Crippen LogP contribution is -2.52. The average Bonchev–Trinajstić information content (AvgIpc) is 3.05. The summed E-state index contributed by atoms with van der Waals surface area (Å²) in [6.07, 6.45) is -2.23. The van der Waals surface area contributed by atoms with Crippen LogP contribution in [-0.4, -0.2) is 73.8 Å². The van der Waals surface area contributed by atoms with Crippen molar-refractivity contribution in [3.63, 3.8) is 0 Å². The fraction of sp³-hybridized carbons (Fsp3) is 0.556. The molecule has 0 aromatic heterocycles. The Bertz CT molecular complexity index is 1340. The van der Waals surface area contributed by atoms with Gasteiger partial charge >= 0.3 is 18.1 Å². The molecule has 1 fully saturated rings. The van der Waals surface area contributed by atoms with E-state index < -0.39 is 60.0 Å². The summed E-state index contributed by atoms with van der Waals surface area (Å²) in [6, 6.07) is 14.2. The van der Waals surface area contributed by atoms with E-state index in [4.69, 9.17) is 14.2 Å². The summed E-state index contributed by atoms with van der Waals surface area (Å²) in [4.78, 5) is 54.7. The maximum Gasteiger partial charge on any atom is 0.432 e. The van der Waals surface area contributed by atoms with Crippen molar-refractivity contribution in [2.24, 2.45) is 5.92 Å². The fourth-order valence-electron chi connectivity index (χ4n) is 5.99. The van der Waals surface area contributed by atoms with E-state index in [0.29, 0.717) is 32.1 Å². The number of benzene rings is 2. The number of hydrogen-bond acceptors (Lipinski definition) is 7. The summed E-state index contributed by atoms with van der Waals surface area (Å²) in [7, 11) is 2.38. The molecule has 2 aromatic rings. The number of likely N-dealkylation sites (N-methyl/N-ethyl adjacent to an activating group) is 1. The normalized spacial score (nSPS) is 23.5. The van der Waals surface area contributed by atoms with Gasteiger partial charge in [0.2, 0.25) is 11.8 Å². The maximum atomic E-state index is 14.4. The zero-order chi connectivity index (χ0) is 35.3. The van der Waals surface area contributed by atoms with Crippen LogP contribution in [0.15, 0.2) is 60.7 Å². The molecule has 1 heterocycles. The van der Waals surface area contributed by atoms with Gasteiger partial charge in [0.1, 0.15) is 18.8 Å². The Morgan fingerprint density at radius 3 is 2.23 bits per heavy atom. The topological polar surface area (TPSA) is 111 Å². The van der Waals surface area contributed by atoms with E-state index in [0.717, 1.165) is 31.2 Å². The van der Waals surface area contributed by atoms with Crippen LogP contribution < -0.4 is 5.32 Å². The van der Waals surface area contributed by atoms with E-state index in [9.17, 15) is 32.3 Å². The second kappa shape index (κ2) is 18.0. The third-order valence-corrected chi connectivity index (χ3v) is 8.75.